The average molecular weight is 456 g/mol. The average Bonchev–Trinajstić information content (AvgIpc) is 2.51. The summed E-state index contributed by atoms with van der Waals surface area (Å²) in [4.78, 5) is 5.85. The molecule has 0 heterocycles. The van der Waals surface area contributed by atoms with Crippen LogP contribution in [0.25, 0.3) is 0 Å². The molecule has 1 rings (SSSR count). The van der Waals surface area contributed by atoms with Gasteiger partial charge in [-0.2, -0.15) is 0 Å². The highest BCUT2D eigenvalue weighted by molar-refractivity contribution is 14.0. The van der Waals surface area contributed by atoms with E-state index in [1.807, 2.05) is 6.92 Å². The second-order valence-corrected chi connectivity index (χ2v) is 5.19. The summed E-state index contributed by atoms with van der Waals surface area (Å²) in [5.41, 5.74) is 0.0507. The van der Waals surface area contributed by atoms with E-state index in [1.165, 1.54) is 18.2 Å². The lowest BCUT2D eigenvalue weighted by atomic mass is 10.0. The minimum Gasteiger partial charge on any atom is -0.380 e. The van der Waals surface area contributed by atoms with Crippen molar-refractivity contribution in [3.8, 4) is 0 Å². The molecule has 138 valence electrons. The van der Waals surface area contributed by atoms with Gasteiger partial charge in [-0.1, -0.05) is 6.07 Å². The van der Waals surface area contributed by atoms with Gasteiger partial charge in [0.15, 0.2) is 5.96 Å². The number of guanidine groups is 1. The molecule has 0 spiro atoms. The van der Waals surface area contributed by atoms with Crippen molar-refractivity contribution in [3.05, 3.63) is 35.4 Å². The fourth-order valence-corrected chi connectivity index (χ4v) is 2.17. The summed E-state index contributed by atoms with van der Waals surface area (Å²) in [5, 5.41) is 6.18. The van der Waals surface area contributed by atoms with Gasteiger partial charge in [0.05, 0.1) is 12.6 Å². The lowest BCUT2D eigenvalue weighted by Crippen LogP contribution is -2.43. The predicted molar refractivity (Wildman–Crippen MR) is 104 cm³/mol. The summed E-state index contributed by atoms with van der Waals surface area (Å²) in [6.07, 6.45) is 0. The van der Waals surface area contributed by atoms with Crippen molar-refractivity contribution in [3.63, 3.8) is 0 Å². The normalized spacial score (nSPS) is 12.7. The lowest BCUT2D eigenvalue weighted by molar-refractivity contribution is 0.152. The van der Waals surface area contributed by atoms with Gasteiger partial charge in [0.2, 0.25) is 0 Å². The maximum absolute atomic E-state index is 14.0. The third-order valence-corrected chi connectivity index (χ3v) is 3.39. The minimum absolute atomic E-state index is 0. The molecule has 1 aromatic rings. The van der Waals surface area contributed by atoms with E-state index in [-0.39, 0.29) is 29.5 Å². The van der Waals surface area contributed by atoms with Crippen LogP contribution in [-0.4, -0.2) is 58.3 Å². The molecule has 0 fully saturated rings. The molecule has 2 N–H and O–H groups in total. The number of benzene rings is 1. The zero-order valence-corrected chi connectivity index (χ0v) is 16.9. The van der Waals surface area contributed by atoms with Crippen molar-refractivity contribution in [1.29, 1.82) is 0 Å². The Kier molecular flexibility index (Phi) is 11.9. The largest absolute Gasteiger partial charge is 0.380 e. The summed E-state index contributed by atoms with van der Waals surface area (Å²) in [5.74, 6) is -0.539. The maximum Gasteiger partial charge on any atom is 0.191 e. The van der Waals surface area contributed by atoms with Gasteiger partial charge in [0, 0.05) is 32.3 Å². The van der Waals surface area contributed by atoms with Crippen LogP contribution in [-0.2, 0) is 4.74 Å². The first-order valence-corrected chi connectivity index (χ1v) is 7.63. The summed E-state index contributed by atoms with van der Waals surface area (Å²) >= 11 is 0. The maximum atomic E-state index is 14.0. The molecule has 0 radical (unpaired) electrons. The van der Waals surface area contributed by atoms with Gasteiger partial charge in [-0.3, -0.25) is 4.99 Å². The molecule has 0 aliphatic heterocycles. The Morgan fingerprint density at radius 2 is 1.88 bits per heavy atom. The number of aliphatic imine (C=N–C) groups is 1. The van der Waals surface area contributed by atoms with Crippen molar-refractivity contribution < 1.29 is 13.5 Å². The number of halogens is 3. The van der Waals surface area contributed by atoms with E-state index in [9.17, 15) is 8.78 Å². The van der Waals surface area contributed by atoms with E-state index in [2.05, 4.69) is 15.6 Å². The Bertz CT molecular complexity index is 495. The molecule has 0 aromatic heterocycles. The summed E-state index contributed by atoms with van der Waals surface area (Å²) in [7, 11) is 5.21. The Morgan fingerprint density at radius 1 is 1.25 bits per heavy atom. The number of ether oxygens (including phenoxy) is 1. The van der Waals surface area contributed by atoms with Crippen molar-refractivity contribution in [2.75, 3.05) is 47.4 Å². The number of rotatable bonds is 8. The van der Waals surface area contributed by atoms with Gasteiger partial charge in [-0.25, -0.2) is 8.78 Å². The van der Waals surface area contributed by atoms with Crippen LogP contribution >= 0.6 is 24.0 Å². The second-order valence-electron chi connectivity index (χ2n) is 5.19. The summed E-state index contributed by atoms with van der Waals surface area (Å²) in [6, 6.07) is 3.44. The summed E-state index contributed by atoms with van der Waals surface area (Å²) < 4.78 is 33.2. The first kappa shape index (κ1) is 23.0. The van der Waals surface area contributed by atoms with Gasteiger partial charge < -0.3 is 20.3 Å². The number of likely N-dealkylation sites (N-methyl/N-ethyl adjacent to an activating group) is 1. The Labute approximate surface area is 159 Å². The molecule has 1 atom stereocenters. The van der Waals surface area contributed by atoms with Crippen LogP contribution in [0, 0.1) is 11.6 Å². The molecule has 0 amide bonds. The topological polar surface area (TPSA) is 48.9 Å². The highest BCUT2D eigenvalue weighted by Crippen LogP contribution is 2.23. The predicted octanol–water partition coefficient (Wildman–Crippen LogP) is 2.39. The lowest BCUT2D eigenvalue weighted by Gasteiger charge is -2.26. The highest BCUT2D eigenvalue weighted by atomic mass is 127. The molecule has 0 aliphatic carbocycles. The zero-order chi connectivity index (χ0) is 17.2. The van der Waals surface area contributed by atoms with E-state index in [1.54, 1.807) is 26.0 Å². The standard InChI is InChI=1S/C16H26F2N4O.HI/c1-5-23-10-9-20-16(19-2)21-11-14(22(3)4)15-12(17)7-6-8-13(15)18;/h6-8,14H,5,9-11H2,1-4H3,(H2,19,20,21);1H. The first-order valence-electron chi connectivity index (χ1n) is 7.63. The van der Waals surface area contributed by atoms with E-state index < -0.39 is 17.7 Å². The monoisotopic (exact) mass is 456 g/mol. The Hall–Kier alpha value is -1.000. The molecule has 24 heavy (non-hydrogen) atoms. The van der Waals surface area contributed by atoms with Crippen LogP contribution in [0.3, 0.4) is 0 Å². The van der Waals surface area contributed by atoms with Crippen LogP contribution < -0.4 is 10.6 Å². The first-order chi connectivity index (χ1) is 11.0. The molecule has 0 bridgehead atoms. The Morgan fingerprint density at radius 3 is 2.38 bits per heavy atom. The van der Waals surface area contributed by atoms with Crippen molar-refractivity contribution >= 4 is 29.9 Å². The fourth-order valence-electron chi connectivity index (χ4n) is 2.17. The second kappa shape index (κ2) is 12.4. The third kappa shape index (κ3) is 7.27. The molecule has 0 aliphatic rings. The quantitative estimate of drug-likeness (QED) is 0.273. The molecule has 8 heteroatoms. The van der Waals surface area contributed by atoms with Gasteiger partial charge in [0.25, 0.3) is 0 Å². The van der Waals surface area contributed by atoms with Gasteiger partial charge >= 0.3 is 0 Å². The van der Waals surface area contributed by atoms with Gasteiger partial charge in [-0.15, -0.1) is 24.0 Å². The third-order valence-electron chi connectivity index (χ3n) is 3.39. The van der Waals surface area contributed by atoms with Gasteiger partial charge in [0.1, 0.15) is 11.6 Å². The van der Waals surface area contributed by atoms with E-state index in [4.69, 9.17) is 4.74 Å². The minimum atomic E-state index is -0.551. The number of nitrogens with zero attached hydrogens (tertiary/aromatic N) is 2. The SMILES string of the molecule is CCOCCNC(=NC)NCC(c1c(F)cccc1F)N(C)C.I. The van der Waals surface area contributed by atoms with Crippen molar-refractivity contribution in [2.45, 2.75) is 13.0 Å². The highest BCUT2D eigenvalue weighted by Gasteiger charge is 2.22. The molecular weight excluding hydrogens is 429 g/mol. The Balaban J connectivity index is 0.00000529. The molecule has 0 saturated carbocycles. The van der Waals surface area contributed by atoms with Crippen LogP contribution in [0.5, 0.6) is 0 Å². The van der Waals surface area contributed by atoms with Crippen LogP contribution in [0.4, 0.5) is 8.78 Å². The number of hydrogen-bond donors (Lipinski definition) is 2. The molecule has 1 unspecified atom stereocenters. The number of hydrogen-bond acceptors (Lipinski definition) is 3. The van der Waals surface area contributed by atoms with E-state index in [0.29, 0.717) is 32.3 Å². The molecule has 5 nitrogen and oxygen atoms in total. The zero-order valence-electron chi connectivity index (χ0n) is 14.6. The molecule has 1 aromatic carbocycles. The molecule has 0 saturated heterocycles. The van der Waals surface area contributed by atoms with Gasteiger partial charge in [-0.05, 0) is 33.2 Å². The molecular formula is C16H27F2IN4O. The van der Waals surface area contributed by atoms with Crippen LogP contribution in [0.2, 0.25) is 0 Å². The smallest absolute Gasteiger partial charge is 0.191 e. The van der Waals surface area contributed by atoms with Crippen molar-refractivity contribution in [1.82, 2.24) is 15.5 Å². The number of nitrogens with one attached hydrogen (secondary N) is 2. The van der Waals surface area contributed by atoms with E-state index in [0.717, 1.165) is 0 Å². The summed E-state index contributed by atoms with van der Waals surface area (Å²) in [6.45, 7) is 4.07. The van der Waals surface area contributed by atoms with Crippen molar-refractivity contribution in [2.24, 2.45) is 4.99 Å². The van der Waals surface area contributed by atoms with Crippen LogP contribution in [0.1, 0.15) is 18.5 Å². The fraction of sp³-hybridized carbons (Fsp3) is 0.562. The van der Waals surface area contributed by atoms with E-state index >= 15 is 0 Å². The van der Waals surface area contributed by atoms with Crippen LogP contribution in [0.15, 0.2) is 23.2 Å².